The van der Waals surface area contributed by atoms with Crippen molar-refractivity contribution in [2.45, 2.75) is 56.9 Å². The molecular weight excluding hydrogens is 385 g/mol. The number of hydrogen-bond acceptors (Lipinski definition) is 5. The third kappa shape index (κ3) is 5.24. The predicted molar refractivity (Wildman–Crippen MR) is 112 cm³/mol. The zero-order valence-corrected chi connectivity index (χ0v) is 17.4. The van der Waals surface area contributed by atoms with Crippen molar-refractivity contribution in [1.29, 1.82) is 0 Å². The number of piperidine rings is 1. The van der Waals surface area contributed by atoms with Gasteiger partial charge in [0, 0.05) is 56.3 Å². The molecule has 3 heterocycles. The molecule has 0 spiro atoms. The van der Waals surface area contributed by atoms with E-state index in [4.69, 9.17) is 5.73 Å². The maximum atomic E-state index is 11.7. The molecular formula is C19H31Cl2N5O. The molecule has 8 heteroatoms. The topological polar surface area (TPSA) is 75.3 Å². The Morgan fingerprint density at radius 2 is 1.85 bits per heavy atom. The van der Waals surface area contributed by atoms with Crippen LogP contribution in [0.5, 0.6) is 0 Å². The molecule has 27 heavy (non-hydrogen) atoms. The Hall–Kier alpha value is -1.11. The minimum Gasteiger partial charge on any atom is -0.356 e. The van der Waals surface area contributed by atoms with Gasteiger partial charge in [-0.15, -0.1) is 24.8 Å². The van der Waals surface area contributed by atoms with Crippen LogP contribution in [-0.2, 0) is 4.79 Å². The first-order chi connectivity index (χ1) is 12.2. The number of aromatic nitrogens is 2. The van der Waals surface area contributed by atoms with Crippen molar-refractivity contribution in [3.63, 3.8) is 0 Å². The number of carbonyl (C=O) groups excluding carboxylic acids is 1. The Morgan fingerprint density at radius 3 is 2.48 bits per heavy atom. The van der Waals surface area contributed by atoms with Gasteiger partial charge >= 0.3 is 0 Å². The molecule has 0 radical (unpaired) electrons. The summed E-state index contributed by atoms with van der Waals surface area (Å²) in [7, 11) is 0. The molecule has 0 atom stereocenters. The third-order valence-corrected chi connectivity index (χ3v) is 6.18. The second-order valence-corrected chi connectivity index (χ2v) is 7.93. The summed E-state index contributed by atoms with van der Waals surface area (Å²) in [5.74, 6) is 2.67. The van der Waals surface area contributed by atoms with Crippen molar-refractivity contribution in [3.8, 4) is 0 Å². The van der Waals surface area contributed by atoms with E-state index in [2.05, 4.69) is 20.9 Å². The lowest BCUT2D eigenvalue weighted by Crippen LogP contribution is -2.37. The molecule has 2 N–H and O–H groups in total. The van der Waals surface area contributed by atoms with Crippen LogP contribution in [-0.4, -0.2) is 53.0 Å². The van der Waals surface area contributed by atoms with Crippen LogP contribution in [0, 0.1) is 5.92 Å². The second-order valence-electron chi connectivity index (χ2n) is 7.93. The molecule has 4 rings (SSSR count). The molecule has 1 saturated carbocycles. The number of carbonyl (C=O) groups is 1. The Labute approximate surface area is 174 Å². The van der Waals surface area contributed by atoms with Crippen LogP contribution in [0.2, 0.25) is 0 Å². The standard InChI is InChI=1S/C19H29N5O.2ClH/c20-16-10-15(11-16)17-12-18(22-13-21-17)23-7-3-14(4-8-23)5-9-24-6-1-2-19(24)25;;/h12-16H,1-11,20H2;2*1H. The third-order valence-electron chi connectivity index (χ3n) is 6.18. The molecule has 1 aromatic rings. The first-order valence-corrected chi connectivity index (χ1v) is 9.79. The average Bonchev–Trinajstić information content (AvgIpc) is 3.03. The summed E-state index contributed by atoms with van der Waals surface area (Å²) in [5.41, 5.74) is 7.06. The van der Waals surface area contributed by atoms with E-state index in [9.17, 15) is 4.79 Å². The van der Waals surface area contributed by atoms with Crippen molar-refractivity contribution in [1.82, 2.24) is 14.9 Å². The summed E-state index contributed by atoms with van der Waals surface area (Å²) < 4.78 is 0. The largest absolute Gasteiger partial charge is 0.356 e. The molecule has 1 aromatic heterocycles. The number of nitrogens with zero attached hydrogens (tertiary/aromatic N) is 4. The number of halogens is 2. The van der Waals surface area contributed by atoms with Gasteiger partial charge in [-0.2, -0.15) is 0 Å². The molecule has 1 aliphatic carbocycles. The van der Waals surface area contributed by atoms with Crippen LogP contribution in [0.4, 0.5) is 5.82 Å². The van der Waals surface area contributed by atoms with E-state index in [1.165, 1.54) is 12.8 Å². The van der Waals surface area contributed by atoms with Gasteiger partial charge < -0.3 is 15.5 Å². The summed E-state index contributed by atoms with van der Waals surface area (Å²) in [6.45, 7) is 4.02. The molecule has 0 unspecified atom stereocenters. The highest BCUT2D eigenvalue weighted by Crippen LogP contribution is 2.35. The maximum absolute atomic E-state index is 11.7. The van der Waals surface area contributed by atoms with Gasteiger partial charge in [-0.05, 0) is 44.4 Å². The minimum absolute atomic E-state index is 0. The Kier molecular flexibility index (Phi) is 8.13. The average molecular weight is 416 g/mol. The Morgan fingerprint density at radius 1 is 1.11 bits per heavy atom. The van der Waals surface area contributed by atoms with Gasteiger partial charge in [-0.1, -0.05) is 0 Å². The van der Waals surface area contributed by atoms with E-state index < -0.39 is 0 Å². The van der Waals surface area contributed by atoms with Crippen molar-refractivity contribution in [2.24, 2.45) is 11.7 Å². The zero-order valence-electron chi connectivity index (χ0n) is 15.8. The second kappa shape index (κ2) is 9.89. The number of likely N-dealkylation sites (tertiary alicyclic amines) is 1. The summed E-state index contributed by atoms with van der Waals surface area (Å²) in [5, 5.41) is 0. The van der Waals surface area contributed by atoms with Gasteiger partial charge in [0.05, 0.1) is 0 Å². The van der Waals surface area contributed by atoms with E-state index >= 15 is 0 Å². The highest BCUT2D eigenvalue weighted by molar-refractivity contribution is 5.85. The van der Waals surface area contributed by atoms with Crippen LogP contribution >= 0.6 is 24.8 Å². The van der Waals surface area contributed by atoms with Gasteiger partial charge in [-0.25, -0.2) is 9.97 Å². The molecule has 3 aliphatic rings. The van der Waals surface area contributed by atoms with Crippen molar-refractivity contribution in [3.05, 3.63) is 18.1 Å². The summed E-state index contributed by atoms with van der Waals surface area (Å²) in [4.78, 5) is 25.1. The SMILES string of the molecule is Cl.Cl.NC1CC(c2cc(N3CCC(CCN4CCCC4=O)CC3)ncn2)C1. The lowest BCUT2D eigenvalue weighted by molar-refractivity contribution is -0.127. The molecule has 1 amide bonds. The van der Waals surface area contributed by atoms with Crippen molar-refractivity contribution >= 4 is 36.5 Å². The van der Waals surface area contributed by atoms with Crippen molar-refractivity contribution < 1.29 is 4.79 Å². The van der Waals surface area contributed by atoms with Gasteiger partial charge in [0.1, 0.15) is 12.1 Å². The van der Waals surface area contributed by atoms with Gasteiger partial charge in [-0.3, -0.25) is 4.79 Å². The summed E-state index contributed by atoms with van der Waals surface area (Å²) in [6.07, 6.45) is 9.13. The monoisotopic (exact) mass is 415 g/mol. The lowest BCUT2D eigenvalue weighted by Gasteiger charge is -2.35. The fourth-order valence-corrected chi connectivity index (χ4v) is 4.39. The van der Waals surface area contributed by atoms with E-state index in [0.717, 1.165) is 75.7 Å². The minimum atomic E-state index is 0. The van der Waals surface area contributed by atoms with Gasteiger partial charge in [0.2, 0.25) is 5.91 Å². The number of amides is 1. The van der Waals surface area contributed by atoms with E-state index in [1.807, 2.05) is 4.90 Å². The van der Waals surface area contributed by atoms with Crippen LogP contribution in [0.3, 0.4) is 0 Å². The zero-order chi connectivity index (χ0) is 17.2. The molecule has 3 fully saturated rings. The molecule has 0 aromatic carbocycles. The highest BCUT2D eigenvalue weighted by Gasteiger charge is 2.29. The first kappa shape index (κ1) is 22.2. The predicted octanol–water partition coefficient (Wildman–Crippen LogP) is 2.75. The molecule has 6 nitrogen and oxygen atoms in total. The smallest absolute Gasteiger partial charge is 0.222 e. The van der Waals surface area contributed by atoms with Crippen molar-refractivity contribution in [2.75, 3.05) is 31.1 Å². The maximum Gasteiger partial charge on any atom is 0.222 e. The molecule has 2 aliphatic heterocycles. The van der Waals surface area contributed by atoms with E-state index in [-0.39, 0.29) is 24.8 Å². The van der Waals surface area contributed by atoms with Gasteiger partial charge in [0.25, 0.3) is 0 Å². The Bertz CT molecular complexity index is 618. The molecule has 0 bridgehead atoms. The summed E-state index contributed by atoms with van der Waals surface area (Å²) >= 11 is 0. The quantitative estimate of drug-likeness (QED) is 0.799. The first-order valence-electron chi connectivity index (χ1n) is 9.79. The lowest BCUT2D eigenvalue weighted by atomic mass is 9.78. The number of nitrogens with two attached hydrogens (primary N) is 1. The Balaban J connectivity index is 0.00000131. The molecule has 152 valence electrons. The van der Waals surface area contributed by atoms with Crippen LogP contribution in [0.15, 0.2) is 12.4 Å². The number of rotatable bonds is 5. The molecule has 2 saturated heterocycles. The van der Waals surface area contributed by atoms with Crippen LogP contribution < -0.4 is 10.6 Å². The fourth-order valence-electron chi connectivity index (χ4n) is 4.39. The number of anilines is 1. The van der Waals surface area contributed by atoms with E-state index in [1.54, 1.807) is 6.33 Å². The van der Waals surface area contributed by atoms with E-state index in [0.29, 0.717) is 17.9 Å². The normalized spacial score (nSPS) is 25.6. The van der Waals surface area contributed by atoms with Crippen LogP contribution in [0.1, 0.15) is 56.6 Å². The summed E-state index contributed by atoms with van der Waals surface area (Å²) in [6, 6.07) is 2.52. The van der Waals surface area contributed by atoms with Crippen LogP contribution in [0.25, 0.3) is 0 Å². The number of hydrogen-bond donors (Lipinski definition) is 1. The highest BCUT2D eigenvalue weighted by atomic mass is 35.5. The van der Waals surface area contributed by atoms with Gasteiger partial charge in [0.15, 0.2) is 0 Å². The fraction of sp³-hybridized carbons (Fsp3) is 0.737.